The van der Waals surface area contributed by atoms with Gasteiger partial charge in [0, 0.05) is 56.4 Å². The molecule has 2 heterocycles. The molecule has 0 spiro atoms. The summed E-state index contributed by atoms with van der Waals surface area (Å²) in [6, 6.07) is 18.1. The lowest BCUT2D eigenvalue weighted by Gasteiger charge is -2.33. The van der Waals surface area contributed by atoms with Gasteiger partial charge in [-0.2, -0.15) is 0 Å². The third-order valence-electron chi connectivity index (χ3n) is 6.54. The molecule has 32 heavy (non-hydrogen) atoms. The minimum absolute atomic E-state index is 0.0265. The van der Waals surface area contributed by atoms with E-state index in [4.69, 9.17) is 4.42 Å². The molecule has 1 aliphatic rings. The Hall–Kier alpha value is -3.08. The predicted octanol–water partition coefficient (Wildman–Crippen LogP) is 4.83. The van der Waals surface area contributed by atoms with E-state index in [0.717, 1.165) is 48.0 Å². The number of rotatable bonds is 7. The van der Waals surface area contributed by atoms with Crippen LogP contribution in [0.1, 0.15) is 43.1 Å². The van der Waals surface area contributed by atoms with Crippen LogP contribution < -0.4 is 0 Å². The molecule has 2 aromatic carbocycles. The number of hydrogen-bond donors (Lipinski definition) is 0. The van der Waals surface area contributed by atoms with Gasteiger partial charge in [0.2, 0.25) is 11.8 Å². The molecule has 168 valence electrons. The Balaban J connectivity index is 1.31. The van der Waals surface area contributed by atoms with Crippen LogP contribution in [0.5, 0.6) is 0 Å². The second-order valence-electron chi connectivity index (χ2n) is 8.69. The molecule has 1 fully saturated rings. The fourth-order valence-electron chi connectivity index (χ4n) is 4.67. The second-order valence-corrected chi connectivity index (χ2v) is 8.69. The van der Waals surface area contributed by atoms with Crippen molar-refractivity contribution in [1.82, 2.24) is 9.80 Å². The van der Waals surface area contributed by atoms with Crippen molar-refractivity contribution in [3.05, 3.63) is 71.5 Å². The van der Waals surface area contributed by atoms with Gasteiger partial charge in [0.25, 0.3) is 0 Å². The summed E-state index contributed by atoms with van der Waals surface area (Å²) in [4.78, 5) is 29.5. The minimum Gasteiger partial charge on any atom is -0.461 e. The molecule has 0 radical (unpaired) electrons. The summed E-state index contributed by atoms with van der Waals surface area (Å²) in [5.74, 6) is 1.27. The number of furan rings is 1. The van der Waals surface area contributed by atoms with E-state index >= 15 is 0 Å². The molecule has 3 aromatic rings. The van der Waals surface area contributed by atoms with E-state index in [-0.39, 0.29) is 17.7 Å². The Kier molecular flexibility index (Phi) is 6.93. The Bertz CT molecular complexity index is 1060. The van der Waals surface area contributed by atoms with Gasteiger partial charge < -0.3 is 14.2 Å². The summed E-state index contributed by atoms with van der Waals surface area (Å²) in [7, 11) is 1.88. The SMILES string of the molecule is CCc1oc2ccccc2c1CN(C)C(=O)C1CCN(C(=O)CCc2ccccc2)CC1. The maximum Gasteiger partial charge on any atom is 0.225 e. The smallest absolute Gasteiger partial charge is 0.225 e. The van der Waals surface area contributed by atoms with Crippen LogP contribution in [0.25, 0.3) is 11.0 Å². The van der Waals surface area contributed by atoms with Gasteiger partial charge in [-0.1, -0.05) is 55.5 Å². The van der Waals surface area contributed by atoms with Crippen LogP contribution in [0.3, 0.4) is 0 Å². The molecule has 0 unspecified atom stereocenters. The average molecular weight is 433 g/mol. The third kappa shape index (κ3) is 4.87. The lowest BCUT2D eigenvalue weighted by molar-refractivity contribution is -0.140. The molecule has 1 aromatic heterocycles. The minimum atomic E-state index is -0.0265. The first kappa shape index (κ1) is 22.1. The summed E-state index contributed by atoms with van der Waals surface area (Å²) in [5, 5.41) is 1.09. The molecule has 1 saturated heterocycles. The molecule has 2 amide bonds. The molecule has 0 N–H and O–H groups in total. The van der Waals surface area contributed by atoms with Crippen molar-refractivity contribution in [2.24, 2.45) is 5.92 Å². The first-order valence-corrected chi connectivity index (χ1v) is 11.6. The number of amides is 2. The van der Waals surface area contributed by atoms with Gasteiger partial charge in [0.1, 0.15) is 11.3 Å². The third-order valence-corrected chi connectivity index (χ3v) is 6.54. The highest BCUT2D eigenvalue weighted by Crippen LogP contribution is 2.28. The second kappa shape index (κ2) is 10.0. The molecular formula is C27H32N2O3. The van der Waals surface area contributed by atoms with Crippen LogP contribution in [0, 0.1) is 5.92 Å². The first-order chi connectivity index (χ1) is 15.6. The Morgan fingerprint density at radius 1 is 1.03 bits per heavy atom. The quantitative estimate of drug-likeness (QED) is 0.538. The van der Waals surface area contributed by atoms with Crippen molar-refractivity contribution < 1.29 is 14.0 Å². The van der Waals surface area contributed by atoms with Gasteiger partial charge in [0.15, 0.2) is 0 Å². The molecule has 0 aliphatic carbocycles. The first-order valence-electron chi connectivity index (χ1n) is 11.6. The van der Waals surface area contributed by atoms with Crippen LogP contribution >= 0.6 is 0 Å². The van der Waals surface area contributed by atoms with Crippen molar-refractivity contribution in [3.63, 3.8) is 0 Å². The molecule has 0 bridgehead atoms. The zero-order valence-corrected chi connectivity index (χ0v) is 19.0. The highest BCUT2D eigenvalue weighted by Gasteiger charge is 2.29. The van der Waals surface area contributed by atoms with Crippen LogP contribution in [0.2, 0.25) is 0 Å². The van der Waals surface area contributed by atoms with Gasteiger partial charge in [-0.3, -0.25) is 9.59 Å². The number of likely N-dealkylation sites (tertiary alicyclic amines) is 1. The summed E-state index contributed by atoms with van der Waals surface area (Å²) in [6.45, 7) is 3.95. The van der Waals surface area contributed by atoms with E-state index in [0.29, 0.717) is 26.1 Å². The fraction of sp³-hybridized carbons (Fsp3) is 0.407. The fourth-order valence-corrected chi connectivity index (χ4v) is 4.67. The normalized spacial score (nSPS) is 14.6. The maximum atomic E-state index is 13.1. The number of aryl methyl sites for hydroxylation is 2. The Labute approximate surface area is 190 Å². The number of nitrogens with zero attached hydrogens (tertiary/aromatic N) is 2. The highest BCUT2D eigenvalue weighted by molar-refractivity contribution is 5.84. The van der Waals surface area contributed by atoms with Crippen molar-refractivity contribution in [2.75, 3.05) is 20.1 Å². The molecule has 5 heteroatoms. The topological polar surface area (TPSA) is 53.8 Å². The van der Waals surface area contributed by atoms with Crippen LogP contribution in [0.15, 0.2) is 59.0 Å². The molecule has 0 atom stereocenters. The van der Waals surface area contributed by atoms with Crippen LogP contribution in [-0.4, -0.2) is 41.8 Å². The van der Waals surface area contributed by atoms with E-state index in [9.17, 15) is 9.59 Å². The number of piperidine rings is 1. The van der Waals surface area contributed by atoms with Gasteiger partial charge in [-0.05, 0) is 30.9 Å². The van der Waals surface area contributed by atoms with Gasteiger partial charge in [0.05, 0.1) is 0 Å². The number of fused-ring (bicyclic) bond motifs is 1. The van der Waals surface area contributed by atoms with E-state index in [1.807, 2.05) is 53.2 Å². The van der Waals surface area contributed by atoms with Crippen molar-refractivity contribution in [1.29, 1.82) is 0 Å². The van der Waals surface area contributed by atoms with Crippen LogP contribution in [-0.2, 0) is 29.0 Å². The summed E-state index contributed by atoms with van der Waals surface area (Å²) in [5.41, 5.74) is 3.17. The number of carbonyl (C=O) groups is 2. The molecule has 4 rings (SSSR count). The number of carbonyl (C=O) groups excluding carboxylic acids is 2. The average Bonchev–Trinajstić information content (AvgIpc) is 3.20. The number of benzene rings is 2. The Morgan fingerprint density at radius 2 is 1.72 bits per heavy atom. The van der Waals surface area contributed by atoms with E-state index in [1.54, 1.807) is 0 Å². The maximum absolute atomic E-state index is 13.1. The number of hydrogen-bond acceptors (Lipinski definition) is 3. The largest absolute Gasteiger partial charge is 0.461 e. The van der Waals surface area contributed by atoms with E-state index in [2.05, 4.69) is 25.1 Å². The molecule has 1 aliphatic heterocycles. The van der Waals surface area contributed by atoms with Crippen molar-refractivity contribution in [3.8, 4) is 0 Å². The standard InChI is InChI=1S/C27H32N2O3/c1-3-24-23(22-11-7-8-12-25(22)32-24)19-28(2)27(31)21-15-17-29(18-16-21)26(30)14-13-20-9-5-4-6-10-20/h4-12,21H,3,13-19H2,1-2H3. The van der Waals surface area contributed by atoms with Gasteiger partial charge >= 0.3 is 0 Å². The summed E-state index contributed by atoms with van der Waals surface area (Å²) < 4.78 is 5.99. The number of para-hydroxylation sites is 1. The van der Waals surface area contributed by atoms with Crippen molar-refractivity contribution in [2.45, 2.75) is 45.6 Å². The monoisotopic (exact) mass is 432 g/mol. The van der Waals surface area contributed by atoms with Gasteiger partial charge in [-0.15, -0.1) is 0 Å². The van der Waals surface area contributed by atoms with E-state index in [1.165, 1.54) is 5.56 Å². The highest BCUT2D eigenvalue weighted by atomic mass is 16.3. The summed E-state index contributed by atoms with van der Waals surface area (Å²) >= 11 is 0. The molecule has 0 saturated carbocycles. The zero-order chi connectivity index (χ0) is 22.5. The molecular weight excluding hydrogens is 400 g/mol. The van der Waals surface area contributed by atoms with Crippen LogP contribution in [0.4, 0.5) is 0 Å². The molecule has 5 nitrogen and oxygen atoms in total. The summed E-state index contributed by atoms with van der Waals surface area (Å²) in [6.07, 6.45) is 3.55. The predicted molar refractivity (Wildman–Crippen MR) is 126 cm³/mol. The Morgan fingerprint density at radius 3 is 2.44 bits per heavy atom. The van der Waals surface area contributed by atoms with Gasteiger partial charge in [-0.25, -0.2) is 0 Å². The lowest BCUT2D eigenvalue weighted by atomic mass is 9.94. The lowest BCUT2D eigenvalue weighted by Crippen LogP contribution is -2.43. The van der Waals surface area contributed by atoms with E-state index < -0.39 is 0 Å². The van der Waals surface area contributed by atoms with Crippen molar-refractivity contribution >= 4 is 22.8 Å². The zero-order valence-electron chi connectivity index (χ0n) is 19.0.